The van der Waals surface area contributed by atoms with E-state index in [1.165, 1.54) is 23.4 Å². The Morgan fingerprint density at radius 2 is 1.85 bits per heavy atom. The minimum absolute atomic E-state index is 0.000485. The lowest BCUT2D eigenvalue weighted by Crippen LogP contribution is -2.42. The van der Waals surface area contributed by atoms with Crippen molar-refractivity contribution in [2.75, 3.05) is 17.3 Å². The quantitative estimate of drug-likeness (QED) is 0.490. The maximum Gasteiger partial charge on any atom is 0.586 e. The molecule has 1 fully saturated rings. The molecule has 176 valence electrons. The number of nitrogens with zero attached hydrogens (tertiary/aromatic N) is 1. The van der Waals surface area contributed by atoms with Gasteiger partial charge in [0, 0.05) is 30.6 Å². The van der Waals surface area contributed by atoms with E-state index in [1.54, 1.807) is 6.07 Å². The zero-order chi connectivity index (χ0) is 23.6. The summed E-state index contributed by atoms with van der Waals surface area (Å²) in [5.41, 5.74) is 3.63. The first-order valence-corrected chi connectivity index (χ1v) is 11.9. The van der Waals surface area contributed by atoms with Crippen LogP contribution in [0.2, 0.25) is 0 Å². The summed E-state index contributed by atoms with van der Waals surface area (Å²) in [5, 5.41) is 0. The van der Waals surface area contributed by atoms with Gasteiger partial charge in [-0.3, -0.25) is 4.79 Å². The smallest absolute Gasteiger partial charge is 0.395 e. The van der Waals surface area contributed by atoms with Crippen LogP contribution in [-0.2, 0) is 23.1 Å². The lowest BCUT2D eigenvalue weighted by molar-refractivity contribution is -0.286. The Morgan fingerprint density at radius 3 is 2.52 bits per heavy atom. The SMILES string of the molecule is CC(C)(C)C1Cc2cc(CC(=O)C3(c4ccc5c(c4)OC(F)(F)O5)CC3)ccc2N1CCCl. The number of ether oxygens (including phenoxy) is 2. The standard InChI is InChI=1S/C26H28ClF2NO3/c1-24(2,3)22-14-17-12-16(4-6-19(17)30(22)11-10-27)13-23(31)25(8-9-25)18-5-7-20-21(15-18)33-26(28,29)32-20/h4-7,12,15,22H,8-11,13-14H2,1-3H3. The summed E-state index contributed by atoms with van der Waals surface area (Å²) >= 11 is 6.09. The fraction of sp³-hybridized carbons (Fsp3) is 0.500. The molecule has 0 N–H and O–H groups in total. The number of carbonyl (C=O) groups is 1. The van der Waals surface area contributed by atoms with Gasteiger partial charge >= 0.3 is 6.29 Å². The summed E-state index contributed by atoms with van der Waals surface area (Å²) in [5.74, 6) is 0.661. The third kappa shape index (κ3) is 3.96. The second-order valence-corrected chi connectivity index (χ2v) is 10.8. The highest BCUT2D eigenvalue weighted by Crippen LogP contribution is 2.53. The Hall–Kier alpha value is -2.34. The normalized spacial score (nSPS) is 21.8. The van der Waals surface area contributed by atoms with Crippen LogP contribution in [0.1, 0.15) is 50.3 Å². The fourth-order valence-corrected chi connectivity index (χ4v) is 5.46. The molecule has 7 heteroatoms. The molecule has 2 aromatic carbocycles. The molecular weight excluding hydrogens is 448 g/mol. The average molecular weight is 476 g/mol. The van der Waals surface area contributed by atoms with Crippen LogP contribution in [0.15, 0.2) is 36.4 Å². The van der Waals surface area contributed by atoms with Crippen molar-refractivity contribution in [3.8, 4) is 11.5 Å². The molecule has 2 aromatic rings. The van der Waals surface area contributed by atoms with Crippen LogP contribution in [0.5, 0.6) is 11.5 Å². The largest absolute Gasteiger partial charge is 0.586 e. The number of ketones is 1. The topological polar surface area (TPSA) is 38.8 Å². The number of hydrogen-bond donors (Lipinski definition) is 0. The third-order valence-electron chi connectivity index (χ3n) is 7.17. The minimum Gasteiger partial charge on any atom is -0.395 e. The van der Waals surface area contributed by atoms with E-state index in [1.807, 2.05) is 6.07 Å². The Labute approximate surface area is 197 Å². The van der Waals surface area contributed by atoms with Gasteiger partial charge in [0.15, 0.2) is 11.5 Å². The van der Waals surface area contributed by atoms with Crippen molar-refractivity contribution in [2.45, 2.75) is 64.2 Å². The van der Waals surface area contributed by atoms with Gasteiger partial charge in [-0.05, 0) is 59.6 Å². The maximum atomic E-state index is 13.4. The van der Waals surface area contributed by atoms with Gasteiger partial charge in [-0.1, -0.05) is 39.0 Å². The van der Waals surface area contributed by atoms with E-state index in [2.05, 4.69) is 47.3 Å². The molecule has 0 radical (unpaired) electrons. The van der Waals surface area contributed by atoms with E-state index >= 15 is 0 Å². The molecule has 0 saturated heterocycles. The third-order valence-corrected chi connectivity index (χ3v) is 7.34. The van der Waals surface area contributed by atoms with Crippen molar-refractivity contribution < 1.29 is 23.0 Å². The predicted octanol–water partition coefficient (Wildman–Crippen LogP) is 5.87. The van der Waals surface area contributed by atoms with Crippen molar-refractivity contribution >= 4 is 23.1 Å². The second kappa shape index (κ2) is 7.59. The average Bonchev–Trinajstić information content (AvgIpc) is 3.37. The number of alkyl halides is 3. The number of halogens is 3. The molecule has 2 heterocycles. The molecule has 33 heavy (non-hydrogen) atoms. The first-order valence-electron chi connectivity index (χ1n) is 11.4. The van der Waals surface area contributed by atoms with Gasteiger partial charge in [-0.2, -0.15) is 0 Å². The van der Waals surface area contributed by atoms with Crippen LogP contribution in [0.25, 0.3) is 0 Å². The van der Waals surface area contributed by atoms with E-state index in [4.69, 9.17) is 11.6 Å². The van der Waals surface area contributed by atoms with Gasteiger partial charge < -0.3 is 14.4 Å². The maximum absolute atomic E-state index is 13.4. The van der Waals surface area contributed by atoms with E-state index in [9.17, 15) is 13.6 Å². The lowest BCUT2D eigenvalue weighted by Gasteiger charge is -2.36. The first-order chi connectivity index (χ1) is 15.5. The van der Waals surface area contributed by atoms with Crippen LogP contribution >= 0.6 is 11.6 Å². The second-order valence-electron chi connectivity index (χ2n) is 10.4. The summed E-state index contributed by atoms with van der Waals surface area (Å²) in [4.78, 5) is 15.8. The van der Waals surface area contributed by atoms with E-state index < -0.39 is 11.7 Å². The Bertz CT molecular complexity index is 1110. The van der Waals surface area contributed by atoms with Gasteiger partial charge in [0.2, 0.25) is 0 Å². The summed E-state index contributed by atoms with van der Waals surface area (Å²) < 4.78 is 35.9. The summed E-state index contributed by atoms with van der Waals surface area (Å²) in [6.45, 7) is 7.52. The summed E-state index contributed by atoms with van der Waals surface area (Å²) in [6.07, 6.45) is -0.994. The number of anilines is 1. The Balaban J connectivity index is 1.36. The monoisotopic (exact) mass is 475 g/mol. The molecule has 1 aliphatic carbocycles. The van der Waals surface area contributed by atoms with Crippen LogP contribution in [-0.4, -0.2) is 30.5 Å². The summed E-state index contributed by atoms with van der Waals surface area (Å²) in [6, 6.07) is 11.3. The molecule has 0 bridgehead atoms. The zero-order valence-electron chi connectivity index (χ0n) is 19.1. The number of hydrogen-bond acceptors (Lipinski definition) is 4. The summed E-state index contributed by atoms with van der Waals surface area (Å²) in [7, 11) is 0. The molecule has 1 unspecified atom stereocenters. The van der Waals surface area contributed by atoms with Gasteiger partial charge in [0.25, 0.3) is 0 Å². The lowest BCUT2D eigenvalue weighted by atomic mass is 9.84. The van der Waals surface area contributed by atoms with Crippen LogP contribution in [0.4, 0.5) is 14.5 Å². The number of benzene rings is 2. The van der Waals surface area contributed by atoms with Crippen molar-refractivity contribution in [1.29, 1.82) is 0 Å². The highest BCUT2D eigenvalue weighted by Gasteiger charge is 2.52. The highest BCUT2D eigenvalue weighted by molar-refractivity contribution is 6.18. The first kappa shape index (κ1) is 22.5. The van der Waals surface area contributed by atoms with Gasteiger partial charge in [-0.15, -0.1) is 20.4 Å². The number of fused-ring (bicyclic) bond motifs is 2. The fourth-order valence-electron chi connectivity index (χ4n) is 5.27. The van der Waals surface area contributed by atoms with E-state index in [0.717, 1.165) is 24.1 Å². The minimum atomic E-state index is -3.66. The van der Waals surface area contributed by atoms with Crippen molar-refractivity contribution in [3.05, 3.63) is 53.1 Å². The molecule has 0 amide bonds. The molecular formula is C26H28ClF2NO3. The number of rotatable bonds is 6. The molecule has 0 spiro atoms. The molecule has 3 aliphatic rings. The molecule has 4 nitrogen and oxygen atoms in total. The highest BCUT2D eigenvalue weighted by atomic mass is 35.5. The zero-order valence-corrected chi connectivity index (χ0v) is 19.8. The molecule has 1 saturated carbocycles. The van der Waals surface area contributed by atoms with Crippen molar-refractivity contribution in [1.82, 2.24) is 0 Å². The molecule has 5 rings (SSSR count). The van der Waals surface area contributed by atoms with Crippen molar-refractivity contribution in [2.24, 2.45) is 5.41 Å². The molecule has 2 aliphatic heterocycles. The molecule has 0 aromatic heterocycles. The van der Waals surface area contributed by atoms with E-state index in [0.29, 0.717) is 31.2 Å². The van der Waals surface area contributed by atoms with Gasteiger partial charge in [0.05, 0.1) is 5.41 Å². The number of Topliss-reactive ketones (excluding diaryl/α,β-unsaturated/α-hetero) is 1. The predicted molar refractivity (Wildman–Crippen MR) is 124 cm³/mol. The van der Waals surface area contributed by atoms with Gasteiger partial charge in [0.1, 0.15) is 5.78 Å². The van der Waals surface area contributed by atoms with E-state index in [-0.39, 0.29) is 22.7 Å². The van der Waals surface area contributed by atoms with Crippen molar-refractivity contribution in [3.63, 3.8) is 0 Å². The number of carbonyl (C=O) groups excluding carboxylic acids is 1. The van der Waals surface area contributed by atoms with Gasteiger partial charge in [-0.25, -0.2) is 0 Å². The van der Waals surface area contributed by atoms with Crippen LogP contribution < -0.4 is 14.4 Å². The van der Waals surface area contributed by atoms with Crippen LogP contribution in [0.3, 0.4) is 0 Å². The van der Waals surface area contributed by atoms with Crippen LogP contribution in [0, 0.1) is 5.41 Å². The molecule has 1 atom stereocenters. The Morgan fingerprint density at radius 1 is 1.12 bits per heavy atom. The Kier molecular flexibility index (Phi) is 5.16.